The smallest absolute Gasteiger partial charge is 0.0958 e. The van der Waals surface area contributed by atoms with Crippen molar-refractivity contribution in [2.24, 2.45) is 0 Å². The molecule has 0 aromatic heterocycles. The molecular formula is C10H19N3. The number of likely N-dealkylation sites (tertiary alicyclic amines) is 1. The summed E-state index contributed by atoms with van der Waals surface area (Å²) >= 11 is 0. The maximum Gasteiger partial charge on any atom is 0.0958 e. The molecule has 0 bridgehead atoms. The van der Waals surface area contributed by atoms with Crippen LogP contribution in [0.15, 0.2) is 0 Å². The van der Waals surface area contributed by atoms with Gasteiger partial charge in [-0.25, -0.2) is 0 Å². The molecule has 0 radical (unpaired) electrons. The molecule has 1 aliphatic carbocycles. The van der Waals surface area contributed by atoms with Gasteiger partial charge >= 0.3 is 0 Å². The first-order chi connectivity index (χ1) is 6.27. The minimum Gasteiger partial charge on any atom is -0.359 e. The first kappa shape index (κ1) is 9.00. The Morgan fingerprint density at radius 2 is 2.31 bits per heavy atom. The molecule has 3 nitrogen and oxygen atoms in total. The molecule has 13 heavy (non-hydrogen) atoms. The van der Waals surface area contributed by atoms with Crippen molar-refractivity contribution in [3.05, 3.63) is 0 Å². The van der Waals surface area contributed by atoms with E-state index in [1.807, 2.05) is 0 Å². The van der Waals surface area contributed by atoms with Crippen molar-refractivity contribution in [2.45, 2.75) is 31.7 Å². The number of hydrogen-bond acceptors (Lipinski definition) is 2. The second-order valence-electron chi connectivity index (χ2n) is 4.25. The van der Waals surface area contributed by atoms with Gasteiger partial charge < -0.3 is 9.80 Å². The highest BCUT2D eigenvalue weighted by molar-refractivity contribution is 5.80. The monoisotopic (exact) mass is 181 g/mol. The SMILES string of the molecule is CN(CCN1CCCC1=N)C1CC1. The number of rotatable bonds is 4. The molecule has 0 spiro atoms. The average Bonchev–Trinajstić information content (AvgIpc) is 2.88. The van der Waals surface area contributed by atoms with E-state index in [1.54, 1.807) is 0 Å². The van der Waals surface area contributed by atoms with Gasteiger partial charge in [0.25, 0.3) is 0 Å². The van der Waals surface area contributed by atoms with E-state index >= 15 is 0 Å². The highest BCUT2D eigenvalue weighted by Crippen LogP contribution is 2.25. The predicted molar refractivity (Wildman–Crippen MR) is 54.2 cm³/mol. The normalized spacial score (nSPS) is 23.2. The van der Waals surface area contributed by atoms with Crippen LogP contribution in [0.25, 0.3) is 0 Å². The van der Waals surface area contributed by atoms with Crippen LogP contribution >= 0.6 is 0 Å². The molecule has 2 aliphatic rings. The minimum absolute atomic E-state index is 0.851. The van der Waals surface area contributed by atoms with Gasteiger partial charge in [0.15, 0.2) is 0 Å². The van der Waals surface area contributed by atoms with E-state index in [0.717, 1.165) is 37.9 Å². The largest absolute Gasteiger partial charge is 0.359 e. The molecule has 1 aliphatic heterocycles. The summed E-state index contributed by atoms with van der Waals surface area (Å²) in [5, 5.41) is 7.68. The van der Waals surface area contributed by atoms with Gasteiger partial charge in [0.2, 0.25) is 0 Å². The third kappa shape index (κ3) is 2.21. The van der Waals surface area contributed by atoms with Gasteiger partial charge in [-0.2, -0.15) is 0 Å². The van der Waals surface area contributed by atoms with E-state index in [9.17, 15) is 0 Å². The second-order valence-corrected chi connectivity index (χ2v) is 4.25. The van der Waals surface area contributed by atoms with E-state index in [2.05, 4.69) is 16.8 Å². The predicted octanol–water partition coefficient (Wildman–Crippen LogP) is 1.15. The maximum atomic E-state index is 7.68. The summed E-state index contributed by atoms with van der Waals surface area (Å²) in [6.45, 7) is 3.30. The van der Waals surface area contributed by atoms with Crippen molar-refractivity contribution in [2.75, 3.05) is 26.7 Å². The third-order valence-electron chi connectivity index (χ3n) is 3.12. The summed E-state index contributed by atoms with van der Waals surface area (Å²) in [4.78, 5) is 4.66. The van der Waals surface area contributed by atoms with Crippen LogP contribution in [-0.4, -0.2) is 48.4 Å². The fourth-order valence-corrected chi connectivity index (χ4v) is 1.95. The van der Waals surface area contributed by atoms with Crippen molar-refractivity contribution in [3.8, 4) is 0 Å². The standard InChI is InChI=1S/C10H19N3/c1-12(9-4-5-9)7-8-13-6-2-3-10(13)11/h9,11H,2-8H2,1H3. The van der Waals surface area contributed by atoms with Crippen molar-refractivity contribution >= 4 is 5.84 Å². The Balaban J connectivity index is 1.68. The average molecular weight is 181 g/mol. The van der Waals surface area contributed by atoms with Crippen LogP contribution in [0.2, 0.25) is 0 Å². The lowest BCUT2D eigenvalue weighted by molar-refractivity contribution is 0.288. The number of nitrogens with zero attached hydrogens (tertiary/aromatic N) is 2. The maximum absolute atomic E-state index is 7.68. The Hall–Kier alpha value is -0.570. The number of nitrogens with one attached hydrogen (secondary N) is 1. The molecular weight excluding hydrogens is 162 g/mol. The highest BCUT2D eigenvalue weighted by Gasteiger charge is 2.26. The van der Waals surface area contributed by atoms with E-state index < -0.39 is 0 Å². The molecule has 1 saturated carbocycles. The molecule has 1 N–H and O–H groups in total. The molecule has 2 fully saturated rings. The Morgan fingerprint density at radius 3 is 2.85 bits per heavy atom. The summed E-state index contributed by atoms with van der Waals surface area (Å²) in [5.74, 6) is 0.851. The summed E-state index contributed by atoms with van der Waals surface area (Å²) in [7, 11) is 2.21. The zero-order chi connectivity index (χ0) is 9.26. The first-order valence-corrected chi connectivity index (χ1v) is 5.30. The second kappa shape index (κ2) is 3.66. The van der Waals surface area contributed by atoms with Gasteiger partial charge in [0.05, 0.1) is 5.84 Å². The molecule has 74 valence electrons. The van der Waals surface area contributed by atoms with Crippen LogP contribution in [0.4, 0.5) is 0 Å². The van der Waals surface area contributed by atoms with E-state index in [1.165, 1.54) is 19.3 Å². The molecule has 0 aromatic carbocycles. The quantitative estimate of drug-likeness (QED) is 0.705. The Labute approximate surface area is 80.2 Å². The summed E-state index contributed by atoms with van der Waals surface area (Å²) in [6.07, 6.45) is 4.95. The molecule has 2 rings (SSSR count). The molecule has 0 atom stereocenters. The lowest BCUT2D eigenvalue weighted by Crippen LogP contribution is -2.34. The molecule has 1 heterocycles. The molecule has 0 aromatic rings. The Morgan fingerprint density at radius 1 is 1.54 bits per heavy atom. The molecule has 3 heteroatoms. The topological polar surface area (TPSA) is 30.3 Å². The van der Waals surface area contributed by atoms with Crippen molar-refractivity contribution in [1.29, 1.82) is 5.41 Å². The fourth-order valence-electron chi connectivity index (χ4n) is 1.95. The summed E-state index contributed by atoms with van der Waals surface area (Å²) < 4.78 is 0. The van der Waals surface area contributed by atoms with Crippen LogP contribution in [0.1, 0.15) is 25.7 Å². The number of likely N-dealkylation sites (N-methyl/N-ethyl adjacent to an activating group) is 1. The van der Waals surface area contributed by atoms with Crippen LogP contribution in [0.5, 0.6) is 0 Å². The van der Waals surface area contributed by atoms with Gasteiger partial charge in [-0.05, 0) is 26.3 Å². The molecule has 0 unspecified atom stereocenters. The van der Waals surface area contributed by atoms with Gasteiger partial charge in [-0.3, -0.25) is 5.41 Å². The van der Waals surface area contributed by atoms with Gasteiger partial charge in [-0.15, -0.1) is 0 Å². The summed E-state index contributed by atoms with van der Waals surface area (Å²) in [5.41, 5.74) is 0. The van der Waals surface area contributed by atoms with Crippen molar-refractivity contribution < 1.29 is 0 Å². The third-order valence-corrected chi connectivity index (χ3v) is 3.12. The number of hydrogen-bond donors (Lipinski definition) is 1. The van der Waals surface area contributed by atoms with E-state index in [-0.39, 0.29) is 0 Å². The molecule has 1 saturated heterocycles. The Kier molecular flexibility index (Phi) is 2.54. The van der Waals surface area contributed by atoms with Gasteiger partial charge in [-0.1, -0.05) is 0 Å². The number of amidine groups is 1. The van der Waals surface area contributed by atoms with E-state index in [4.69, 9.17) is 5.41 Å². The lowest BCUT2D eigenvalue weighted by atomic mass is 10.4. The van der Waals surface area contributed by atoms with Crippen molar-refractivity contribution in [3.63, 3.8) is 0 Å². The zero-order valence-electron chi connectivity index (χ0n) is 8.42. The van der Waals surface area contributed by atoms with Crippen LogP contribution in [0.3, 0.4) is 0 Å². The van der Waals surface area contributed by atoms with Gasteiger partial charge in [0, 0.05) is 32.1 Å². The van der Waals surface area contributed by atoms with Crippen LogP contribution in [-0.2, 0) is 0 Å². The lowest BCUT2D eigenvalue weighted by Gasteiger charge is -2.22. The van der Waals surface area contributed by atoms with Crippen LogP contribution < -0.4 is 0 Å². The van der Waals surface area contributed by atoms with Gasteiger partial charge in [0.1, 0.15) is 0 Å². The zero-order valence-corrected chi connectivity index (χ0v) is 8.42. The summed E-state index contributed by atoms with van der Waals surface area (Å²) in [6, 6.07) is 0.858. The van der Waals surface area contributed by atoms with Crippen LogP contribution in [0, 0.1) is 5.41 Å². The Bertz CT molecular complexity index is 198. The minimum atomic E-state index is 0.851. The van der Waals surface area contributed by atoms with E-state index in [0.29, 0.717) is 0 Å². The van der Waals surface area contributed by atoms with Crippen molar-refractivity contribution in [1.82, 2.24) is 9.80 Å². The molecule has 0 amide bonds. The first-order valence-electron chi connectivity index (χ1n) is 5.30. The highest BCUT2D eigenvalue weighted by atomic mass is 15.2. The fraction of sp³-hybridized carbons (Fsp3) is 0.900.